The van der Waals surface area contributed by atoms with Crippen LogP contribution in [0.5, 0.6) is 0 Å². The summed E-state index contributed by atoms with van der Waals surface area (Å²) in [5.41, 5.74) is 3.28. The van der Waals surface area contributed by atoms with E-state index in [-0.39, 0.29) is 5.91 Å². The molecule has 0 atom stereocenters. The number of nitrogens with zero attached hydrogens (tertiary/aromatic N) is 5. The van der Waals surface area contributed by atoms with Gasteiger partial charge in [0.1, 0.15) is 6.33 Å². The summed E-state index contributed by atoms with van der Waals surface area (Å²) in [5.74, 6) is -0.0883. The molecule has 0 bridgehead atoms. The first-order valence-electron chi connectivity index (χ1n) is 8.00. The molecular formula is C19H15N5OS. The molecule has 0 fully saturated rings. The molecule has 128 valence electrons. The Bertz CT molecular complexity index is 1080. The van der Waals surface area contributed by atoms with Crippen molar-refractivity contribution in [2.75, 3.05) is 4.90 Å². The van der Waals surface area contributed by atoms with Crippen LogP contribution in [-0.4, -0.2) is 26.8 Å². The van der Waals surface area contributed by atoms with Crippen LogP contribution in [0.15, 0.2) is 71.4 Å². The number of para-hydroxylation sites is 3. The van der Waals surface area contributed by atoms with Crippen molar-refractivity contribution in [3.05, 3.63) is 72.0 Å². The maximum absolute atomic E-state index is 12.1. The molecule has 0 saturated heterocycles. The molecule has 0 spiro atoms. The van der Waals surface area contributed by atoms with Gasteiger partial charge in [-0.1, -0.05) is 30.3 Å². The summed E-state index contributed by atoms with van der Waals surface area (Å²) in [5, 5.41) is 6.91. The number of fused-ring (bicyclic) bond motifs is 1. The second-order valence-corrected chi connectivity index (χ2v) is 6.40. The Morgan fingerprint density at radius 1 is 1.15 bits per heavy atom. The van der Waals surface area contributed by atoms with Crippen molar-refractivity contribution in [2.24, 2.45) is 5.10 Å². The molecule has 4 aromatic rings. The van der Waals surface area contributed by atoms with Crippen molar-refractivity contribution in [1.29, 1.82) is 0 Å². The van der Waals surface area contributed by atoms with E-state index in [9.17, 15) is 4.79 Å². The van der Waals surface area contributed by atoms with E-state index in [1.54, 1.807) is 22.1 Å². The highest BCUT2D eigenvalue weighted by Crippen LogP contribution is 2.28. The zero-order valence-corrected chi connectivity index (χ0v) is 14.8. The van der Waals surface area contributed by atoms with Gasteiger partial charge in [0.25, 0.3) is 0 Å². The number of hydrogen-bond acceptors (Lipinski definition) is 5. The van der Waals surface area contributed by atoms with Crippen molar-refractivity contribution >= 4 is 45.3 Å². The van der Waals surface area contributed by atoms with Crippen LogP contribution in [0.25, 0.3) is 11.0 Å². The Hall–Kier alpha value is -3.32. The molecular weight excluding hydrogens is 346 g/mol. The van der Waals surface area contributed by atoms with Crippen LogP contribution in [0.2, 0.25) is 0 Å². The lowest BCUT2D eigenvalue weighted by Crippen LogP contribution is -2.22. The Morgan fingerprint density at radius 2 is 1.92 bits per heavy atom. The average Bonchev–Trinajstić information content (AvgIpc) is 3.28. The fourth-order valence-electron chi connectivity index (χ4n) is 2.60. The van der Waals surface area contributed by atoms with Gasteiger partial charge < -0.3 is 0 Å². The highest BCUT2D eigenvalue weighted by molar-refractivity contribution is 7.14. The van der Waals surface area contributed by atoms with Gasteiger partial charge >= 0.3 is 0 Å². The van der Waals surface area contributed by atoms with Gasteiger partial charge in [-0.3, -0.25) is 9.69 Å². The highest BCUT2D eigenvalue weighted by atomic mass is 32.1. The molecule has 6 nitrogen and oxygen atoms in total. The summed E-state index contributed by atoms with van der Waals surface area (Å²) in [4.78, 5) is 22.5. The van der Waals surface area contributed by atoms with Gasteiger partial charge in [0.2, 0.25) is 5.91 Å². The third kappa shape index (κ3) is 3.12. The van der Waals surface area contributed by atoms with Crippen LogP contribution in [0, 0.1) is 0 Å². The van der Waals surface area contributed by atoms with Gasteiger partial charge in [-0.25, -0.2) is 14.6 Å². The minimum atomic E-state index is -0.0883. The zero-order valence-electron chi connectivity index (χ0n) is 14.0. The maximum atomic E-state index is 12.1. The second-order valence-electron chi connectivity index (χ2n) is 5.57. The molecule has 0 radical (unpaired) electrons. The number of aromatic nitrogens is 3. The van der Waals surface area contributed by atoms with Crippen molar-refractivity contribution in [3.8, 4) is 0 Å². The van der Waals surface area contributed by atoms with E-state index < -0.39 is 0 Å². The van der Waals surface area contributed by atoms with Crippen molar-refractivity contribution in [3.63, 3.8) is 0 Å². The van der Waals surface area contributed by atoms with Crippen LogP contribution in [0.1, 0.15) is 12.6 Å². The summed E-state index contributed by atoms with van der Waals surface area (Å²) >= 11 is 1.40. The summed E-state index contributed by atoms with van der Waals surface area (Å²) in [6.07, 6.45) is 3.33. The molecule has 0 N–H and O–H groups in total. The smallest absolute Gasteiger partial charge is 0.230 e. The first kappa shape index (κ1) is 16.2. The van der Waals surface area contributed by atoms with E-state index in [1.165, 1.54) is 18.3 Å². The molecule has 7 heteroatoms. The molecule has 2 heterocycles. The molecule has 0 saturated carbocycles. The van der Waals surface area contributed by atoms with Gasteiger partial charge in [0.15, 0.2) is 5.13 Å². The molecule has 0 aliphatic carbocycles. The van der Waals surface area contributed by atoms with Crippen molar-refractivity contribution < 1.29 is 4.79 Å². The van der Waals surface area contributed by atoms with E-state index >= 15 is 0 Å². The number of imidazole rings is 1. The quantitative estimate of drug-likeness (QED) is 0.515. The number of amides is 1. The average molecular weight is 361 g/mol. The lowest BCUT2D eigenvalue weighted by molar-refractivity contribution is -0.115. The number of thiazole rings is 1. The summed E-state index contributed by atoms with van der Waals surface area (Å²) in [6.45, 7) is 1.53. The fraction of sp³-hybridized carbons (Fsp3) is 0.0526. The summed E-state index contributed by atoms with van der Waals surface area (Å²) in [7, 11) is 0. The Kier molecular flexibility index (Phi) is 4.28. The monoisotopic (exact) mass is 361 g/mol. The zero-order chi connectivity index (χ0) is 17.9. The standard InChI is InChI=1S/C19H15N5OS/c1-14(25)24(16-7-3-2-4-8-16)19-22-15(12-26-19)11-21-23-13-20-17-9-5-6-10-18(17)23/h2-13H,1H3/b21-11-. The fourth-order valence-corrected chi connectivity index (χ4v) is 3.44. The molecule has 1 amide bonds. The van der Waals surface area contributed by atoms with E-state index in [1.807, 2.05) is 60.0 Å². The SMILES string of the molecule is CC(=O)N(c1ccccc1)c1nc(/C=N\n2cnc3ccccc32)cs1. The molecule has 2 aromatic heterocycles. The van der Waals surface area contributed by atoms with Crippen LogP contribution in [0.4, 0.5) is 10.8 Å². The van der Waals surface area contributed by atoms with Gasteiger partial charge in [-0.05, 0) is 24.3 Å². The van der Waals surface area contributed by atoms with Crippen LogP contribution < -0.4 is 4.90 Å². The van der Waals surface area contributed by atoms with Crippen molar-refractivity contribution in [1.82, 2.24) is 14.6 Å². The molecule has 0 aliphatic rings. The van der Waals surface area contributed by atoms with E-state index in [4.69, 9.17) is 0 Å². The maximum Gasteiger partial charge on any atom is 0.230 e. The lowest BCUT2D eigenvalue weighted by Gasteiger charge is -2.17. The molecule has 26 heavy (non-hydrogen) atoms. The van der Waals surface area contributed by atoms with Crippen LogP contribution >= 0.6 is 11.3 Å². The van der Waals surface area contributed by atoms with Gasteiger partial charge in [0.05, 0.1) is 28.6 Å². The van der Waals surface area contributed by atoms with Crippen molar-refractivity contribution in [2.45, 2.75) is 6.92 Å². The lowest BCUT2D eigenvalue weighted by atomic mass is 10.3. The highest BCUT2D eigenvalue weighted by Gasteiger charge is 2.17. The summed E-state index contributed by atoms with van der Waals surface area (Å²) < 4.78 is 1.70. The summed E-state index contributed by atoms with van der Waals surface area (Å²) in [6, 6.07) is 17.2. The van der Waals surface area contributed by atoms with Gasteiger partial charge in [-0.2, -0.15) is 5.10 Å². The van der Waals surface area contributed by atoms with E-state index in [0.29, 0.717) is 10.8 Å². The van der Waals surface area contributed by atoms with Gasteiger partial charge in [0, 0.05) is 12.3 Å². The van der Waals surface area contributed by atoms with E-state index in [2.05, 4.69) is 15.1 Å². The largest absolute Gasteiger partial charge is 0.274 e. The minimum absolute atomic E-state index is 0.0883. The second kappa shape index (κ2) is 6.89. The topological polar surface area (TPSA) is 63.4 Å². The number of anilines is 2. The Balaban J connectivity index is 1.62. The van der Waals surface area contributed by atoms with Crippen LogP contribution in [0.3, 0.4) is 0 Å². The molecule has 4 rings (SSSR count). The predicted octanol–water partition coefficient (Wildman–Crippen LogP) is 4.06. The molecule has 2 aromatic carbocycles. The number of rotatable bonds is 4. The molecule has 0 unspecified atom stereocenters. The number of hydrogen-bond donors (Lipinski definition) is 0. The first-order valence-corrected chi connectivity index (χ1v) is 8.88. The third-order valence-corrected chi connectivity index (χ3v) is 4.62. The van der Waals surface area contributed by atoms with Crippen LogP contribution in [-0.2, 0) is 4.79 Å². The molecule has 0 aliphatic heterocycles. The number of benzene rings is 2. The third-order valence-electron chi connectivity index (χ3n) is 3.78. The minimum Gasteiger partial charge on any atom is -0.274 e. The Morgan fingerprint density at radius 3 is 2.73 bits per heavy atom. The Labute approximate surface area is 154 Å². The predicted molar refractivity (Wildman–Crippen MR) is 104 cm³/mol. The number of carbonyl (C=O) groups is 1. The number of carbonyl (C=O) groups excluding carboxylic acids is 1. The normalized spacial score (nSPS) is 11.3. The van der Waals surface area contributed by atoms with Gasteiger partial charge in [-0.15, -0.1) is 11.3 Å². The van der Waals surface area contributed by atoms with E-state index in [0.717, 1.165) is 16.7 Å². The first-order chi connectivity index (χ1) is 12.7.